The molecule has 0 aliphatic rings. The molecule has 0 N–H and O–H groups in total. The maximum absolute atomic E-state index is 12.1. The van der Waals surface area contributed by atoms with E-state index in [1.807, 2.05) is 6.92 Å². The Morgan fingerprint density at radius 3 is 1.85 bits per heavy atom. The number of unbranched alkanes of at least 4 members (excludes halogenated alkanes) is 9. The fourth-order valence-corrected chi connectivity index (χ4v) is 2.86. The summed E-state index contributed by atoms with van der Waals surface area (Å²) in [5.74, 6) is -1.74. The van der Waals surface area contributed by atoms with Crippen molar-refractivity contribution >= 4 is 11.9 Å². The summed E-state index contributed by atoms with van der Waals surface area (Å²) in [6.07, 6.45) is 14.5. The third-order valence-corrected chi connectivity index (χ3v) is 4.82. The van der Waals surface area contributed by atoms with E-state index in [9.17, 15) is 9.59 Å². The van der Waals surface area contributed by atoms with Crippen LogP contribution in [0.4, 0.5) is 0 Å². The van der Waals surface area contributed by atoms with Crippen LogP contribution < -0.4 is 0 Å². The van der Waals surface area contributed by atoms with Crippen molar-refractivity contribution in [2.24, 2.45) is 5.92 Å². The predicted octanol–water partition coefficient (Wildman–Crippen LogP) is 6.21. The van der Waals surface area contributed by atoms with Gasteiger partial charge in [0.05, 0.1) is 6.61 Å². The van der Waals surface area contributed by atoms with Crippen LogP contribution in [0.1, 0.15) is 111 Å². The third kappa shape index (κ3) is 13.2. The molecule has 4 nitrogen and oxygen atoms in total. The van der Waals surface area contributed by atoms with Gasteiger partial charge in [-0.1, -0.05) is 78.6 Å². The first-order chi connectivity index (χ1) is 12.6. The van der Waals surface area contributed by atoms with Gasteiger partial charge in [-0.2, -0.15) is 0 Å². The molecular formula is C22H42O4. The van der Waals surface area contributed by atoms with Crippen LogP contribution >= 0.6 is 0 Å². The first-order valence-electron chi connectivity index (χ1n) is 10.9. The average molecular weight is 371 g/mol. The van der Waals surface area contributed by atoms with E-state index in [-0.39, 0.29) is 6.10 Å². The molecule has 2 atom stereocenters. The van der Waals surface area contributed by atoms with E-state index >= 15 is 0 Å². The zero-order chi connectivity index (χ0) is 19.6. The molecule has 0 bridgehead atoms. The molecule has 0 rings (SSSR count). The van der Waals surface area contributed by atoms with E-state index in [1.54, 1.807) is 6.92 Å². The molecule has 0 aliphatic carbocycles. The van der Waals surface area contributed by atoms with E-state index < -0.39 is 17.9 Å². The van der Waals surface area contributed by atoms with E-state index in [2.05, 4.69) is 13.8 Å². The molecule has 0 saturated carbocycles. The Morgan fingerprint density at radius 1 is 0.731 bits per heavy atom. The van der Waals surface area contributed by atoms with Crippen molar-refractivity contribution in [1.29, 1.82) is 0 Å². The normalized spacial score (nSPS) is 13.2. The Morgan fingerprint density at radius 2 is 1.27 bits per heavy atom. The Hall–Kier alpha value is -1.06. The average Bonchev–Trinajstić information content (AvgIpc) is 2.65. The van der Waals surface area contributed by atoms with Gasteiger partial charge in [-0.25, -0.2) is 0 Å². The third-order valence-electron chi connectivity index (χ3n) is 4.82. The van der Waals surface area contributed by atoms with Crippen molar-refractivity contribution in [1.82, 2.24) is 0 Å². The van der Waals surface area contributed by atoms with Gasteiger partial charge < -0.3 is 9.47 Å². The first-order valence-corrected chi connectivity index (χ1v) is 10.9. The minimum atomic E-state index is -0.829. The largest absolute Gasteiger partial charge is 0.465 e. The Labute approximate surface area is 161 Å². The predicted molar refractivity (Wildman–Crippen MR) is 107 cm³/mol. The van der Waals surface area contributed by atoms with Crippen molar-refractivity contribution in [3.05, 3.63) is 0 Å². The second kappa shape index (κ2) is 17.4. The molecule has 0 aromatic rings. The molecule has 26 heavy (non-hydrogen) atoms. The van der Waals surface area contributed by atoms with Gasteiger partial charge in [0.25, 0.3) is 0 Å². The summed E-state index contributed by atoms with van der Waals surface area (Å²) in [6, 6.07) is 0. The Balaban J connectivity index is 3.83. The molecule has 154 valence electrons. The maximum atomic E-state index is 12.1. The standard InChI is InChI=1S/C22H42O4/c1-5-8-10-11-12-13-14-16-18-25-21(23)19(4)22(24)26-20(7-3)17-15-9-6-2/h19-20H,5-18H2,1-4H3. The molecular weight excluding hydrogens is 328 g/mol. The summed E-state index contributed by atoms with van der Waals surface area (Å²) in [4.78, 5) is 24.1. The van der Waals surface area contributed by atoms with Crippen molar-refractivity contribution in [3.63, 3.8) is 0 Å². The van der Waals surface area contributed by atoms with Crippen LogP contribution in [-0.4, -0.2) is 24.6 Å². The summed E-state index contributed by atoms with van der Waals surface area (Å²) >= 11 is 0. The van der Waals surface area contributed by atoms with Crippen LogP contribution in [0.2, 0.25) is 0 Å². The highest BCUT2D eigenvalue weighted by Crippen LogP contribution is 2.14. The highest BCUT2D eigenvalue weighted by atomic mass is 16.6. The van der Waals surface area contributed by atoms with Crippen LogP contribution in [0, 0.1) is 5.92 Å². The zero-order valence-electron chi connectivity index (χ0n) is 17.7. The number of carbonyl (C=O) groups is 2. The molecule has 2 unspecified atom stereocenters. The Bertz CT molecular complexity index is 354. The molecule has 0 aromatic carbocycles. The summed E-state index contributed by atoms with van der Waals surface area (Å²) in [6.45, 7) is 8.36. The van der Waals surface area contributed by atoms with Crippen molar-refractivity contribution in [2.45, 2.75) is 117 Å². The summed E-state index contributed by atoms with van der Waals surface area (Å²) in [7, 11) is 0. The van der Waals surface area contributed by atoms with Crippen molar-refractivity contribution in [2.75, 3.05) is 6.61 Å². The van der Waals surface area contributed by atoms with Crippen LogP contribution in [-0.2, 0) is 19.1 Å². The lowest BCUT2D eigenvalue weighted by atomic mass is 10.1. The first kappa shape index (κ1) is 24.9. The van der Waals surface area contributed by atoms with Crippen LogP contribution in [0.3, 0.4) is 0 Å². The topological polar surface area (TPSA) is 52.6 Å². The van der Waals surface area contributed by atoms with Crippen LogP contribution in [0.25, 0.3) is 0 Å². The number of esters is 2. The van der Waals surface area contributed by atoms with Gasteiger partial charge in [0.1, 0.15) is 6.10 Å². The zero-order valence-corrected chi connectivity index (χ0v) is 17.7. The number of hydrogen-bond donors (Lipinski definition) is 0. The van der Waals surface area contributed by atoms with Gasteiger partial charge >= 0.3 is 11.9 Å². The monoisotopic (exact) mass is 370 g/mol. The summed E-state index contributed by atoms with van der Waals surface area (Å²) < 4.78 is 10.7. The molecule has 0 aromatic heterocycles. The van der Waals surface area contributed by atoms with Gasteiger partial charge in [-0.3, -0.25) is 9.59 Å². The van der Waals surface area contributed by atoms with Crippen molar-refractivity contribution in [3.8, 4) is 0 Å². The maximum Gasteiger partial charge on any atom is 0.320 e. The second-order valence-corrected chi connectivity index (χ2v) is 7.33. The highest BCUT2D eigenvalue weighted by Gasteiger charge is 2.26. The van der Waals surface area contributed by atoms with Gasteiger partial charge in [-0.05, 0) is 32.6 Å². The number of carbonyl (C=O) groups excluding carboxylic acids is 2. The van der Waals surface area contributed by atoms with Gasteiger partial charge in [0.15, 0.2) is 5.92 Å². The molecule has 0 aliphatic heterocycles. The fourth-order valence-electron chi connectivity index (χ4n) is 2.86. The van der Waals surface area contributed by atoms with E-state index in [1.165, 1.54) is 38.5 Å². The van der Waals surface area contributed by atoms with Crippen LogP contribution in [0.15, 0.2) is 0 Å². The van der Waals surface area contributed by atoms with E-state index in [0.717, 1.165) is 44.9 Å². The summed E-state index contributed by atoms with van der Waals surface area (Å²) in [5.41, 5.74) is 0. The lowest BCUT2D eigenvalue weighted by molar-refractivity contribution is -0.164. The smallest absolute Gasteiger partial charge is 0.320 e. The minimum absolute atomic E-state index is 0.0861. The molecule has 0 amide bonds. The molecule has 0 spiro atoms. The van der Waals surface area contributed by atoms with Crippen molar-refractivity contribution < 1.29 is 19.1 Å². The lowest BCUT2D eigenvalue weighted by Crippen LogP contribution is -2.29. The highest BCUT2D eigenvalue weighted by molar-refractivity contribution is 5.94. The number of rotatable bonds is 17. The quantitative estimate of drug-likeness (QED) is 0.173. The fraction of sp³-hybridized carbons (Fsp3) is 0.909. The lowest BCUT2D eigenvalue weighted by Gasteiger charge is -2.18. The second-order valence-electron chi connectivity index (χ2n) is 7.33. The molecule has 0 heterocycles. The molecule has 0 radical (unpaired) electrons. The van der Waals surface area contributed by atoms with Crippen LogP contribution in [0.5, 0.6) is 0 Å². The number of hydrogen-bond acceptors (Lipinski definition) is 4. The van der Waals surface area contributed by atoms with E-state index in [0.29, 0.717) is 6.61 Å². The minimum Gasteiger partial charge on any atom is -0.465 e. The molecule has 0 saturated heterocycles. The summed E-state index contributed by atoms with van der Waals surface area (Å²) in [5, 5.41) is 0. The number of ether oxygens (including phenoxy) is 2. The molecule has 0 fully saturated rings. The SMILES string of the molecule is CCCCCCCCCCOC(=O)C(C)C(=O)OC(CC)CCCCC. The van der Waals surface area contributed by atoms with E-state index in [4.69, 9.17) is 9.47 Å². The van der Waals surface area contributed by atoms with Gasteiger partial charge in [-0.15, -0.1) is 0 Å². The Kier molecular flexibility index (Phi) is 16.7. The van der Waals surface area contributed by atoms with Gasteiger partial charge in [0, 0.05) is 0 Å². The van der Waals surface area contributed by atoms with Gasteiger partial charge in [0.2, 0.25) is 0 Å². The molecule has 4 heteroatoms.